The van der Waals surface area contributed by atoms with Crippen LogP contribution in [0.2, 0.25) is 0 Å². The third-order valence-electron chi connectivity index (χ3n) is 4.80. The van der Waals surface area contributed by atoms with E-state index in [9.17, 15) is 5.11 Å². The van der Waals surface area contributed by atoms with E-state index in [0.29, 0.717) is 13.1 Å². The maximum atomic E-state index is 10.7. The van der Waals surface area contributed by atoms with Gasteiger partial charge in [0, 0.05) is 37.3 Å². The predicted molar refractivity (Wildman–Crippen MR) is 96.9 cm³/mol. The molecule has 2 heterocycles. The highest BCUT2D eigenvalue weighted by Crippen LogP contribution is 2.29. The smallest absolute Gasteiger partial charge is 0.0912 e. The van der Waals surface area contributed by atoms with Crippen LogP contribution in [0.3, 0.4) is 0 Å². The number of aliphatic hydroxyl groups is 1. The van der Waals surface area contributed by atoms with E-state index in [1.54, 1.807) is 0 Å². The molecule has 3 rings (SSSR count). The summed E-state index contributed by atoms with van der Waals surface area (Å²) in [6.07, 6.45) is 2.74. The molecule has 5 heteroatoms. The standard InChI is InChI=1S/C19H28N4O/c1-14-5-6-15(2)17(9-14)18-16(10-20-21-18)11-23-8-7-19(24,13-23)12-22(3)4/h5-6,9-10,24H,7-8,11-13H2,1-4H3,(H,20,21)/t19-/m0/s1. The van der Waals surface area contributed by atoms with Crippen LogP contribution in [0.4, 0.5) is 0 Å². The van der Waals surface area contributed by atoms with E-state index in [-0.39, 0.29) is 0 Å². The van der Waals surface area contributed by atoms with E-state index < -0.39 is 5.60 Å². The zero-order valence-electron chi connectivity index (χ0n) is 15.1. The Bertz CT molecular complexity index is 709. The number of aromatic amines is 1. The molecule has 2 aromatic rings. The van der Waals surface area contributed by atoms with Crippen molar-refractivity contribution < 1.29 is 5.11 Å². The van der Waals surface area contributed by atoms with Crippen molar-refractivity contribution in [3.8, 4) is 11.3 Å². The van der Waals surface area contributed by atoms with E-state index in [1.165, 1.54) is 22.3 Å². The van der Waals surface area contributed by atoms with Gasteiger partial charge in [-0.3, -0.25) is 10.00 Å². The van der Waals surface area contributed by atoms with Crippen LogP contribution < -0.4 is 0 Å². The Hall–Kier alpha value is -1.69. The molecule has 0 unspecified atom stereocenters. The van der Waals surface area contributed by atoms with Crippen LogP contribution >= 0.6 is 0 Å². The van der Waals surface area contributed by atoms with Crippen LogP contribution in [0.1, 0.15) is 23.1 Å². The third kappa shape index (κ3) is 3.69. The number of likely N-dealkylation sites (tertiary alicyclic amines) is 1. The van der Waals surface area contributed by atoms with Gasteiger partial charge in [-0.25, -0.2) is 0 Å². The fraction of sp³-hybridized carbons (Fsp3) is 0.526. The predicted octanol–water partition coefficient (Wildman–Crippen LogP) is 2.19. The van der Waals surface area contributed by atoms with Crippen molar-refractivity contribution in [1.82, 2.24) is 20.0 Å². The van der Waals surface area contributed by atoms with Crippen LogP contribution in [0, 0.1) is 13.8 Å². The third-order valence-corrected chi connectivity index (χ3v) is 4.80. The highest BCUT2D eigenvalue weighted by Gasteiger charge is 2.36. The van der Waals surface area contributed by atoms with E-state index >= 15 is 0 Å². The van der Waals surface area contributed by atoms with Crippen molar-refractivity contribution in [2.45, 2.75) is 32.4 Å². The molecule has 1 aromatic heterocycles. The van der Waals surface area contributed by atoms with E-state index in [1.807, 2.05) is 20.3 Å². The number of H-pyrrole nitrogens is 1. The molecule has 1 aliphatic heterocycles. The number of likely N-dealkylation sites (N-methyl/N-ethyl adjacent to an activating group) is 1. The molecule has 0 radical (unpaired) electrons. The second-order valence-corrected chi connectivity index (χ2v) is 7.51. The van der Waals surface area contributed by atoms with Crippen LogP contribution in [0.25, 0.3) is 11.3 Å². The lowest BCUT2D eigenvalue weighted by Gasteiger charge is -2.26. The largest absolute Gasteiger partial charge is 0.387 e. The number of hydrogen-bond acceptors (Lipinski definition) is 4. The second kappa shape index (κ2) is 6.67. The molecule has 0 amide bonds. The zero-order valence-corrected chi connectivity index (χ0v) is 15.1. The Morgan fingerprint density at radius 1 is 1.33 bits per heavy atom. The first-order chi connectivity index (χ1) is 11.4. The number of rotatable bonds is 5. The topological polar surface area (TPSA) is 55.4 Å². The summed E-state index contributed by atoms with van der Waals surface area (Å²) in [6.45, 7) is 7.39. The van der Waals surface area contributed by atoms with Gasteiger partial charge in [-0.2, -0.15) is 5.10 Å². The lowest BCUT2D eigenvalue weighted by Crippen LogP contribution is -2.42. The maximum Gasteiger partial charge on any atom is 0.0912 e. The molecular weight excluding hydrogens is 300 g/mol. The summed E-state index contributed by atoms with van der Waals surface area (Å²) in [5, 5.41) is 18.2. The lowest BCUT2D eigenvalue weighted by molar-refractivity contribution is 0.0240. The summed E-state index contributed by atoms with van der Waals surface area (Å²) < 4.78 is 0. The number of aromatic nitrogens is 2. The fourth-order valence-corrected chi connectivity index (χ4v) is 3.70. The Balaban J connectivity index is 1.76. The first-order valence-electron chi connectivity index (χ1n) is 8.56. The molecule has 24 heavy (non-hydrogen) atoms. The van der Waals surface area contributed by atoms with Gasteiger partial charge in [-0.05, 0) is 46.0 Å². The number of nitrogens with one attached hydrogen (secondary N) is 1. The molecule has 130 valence electrons. The molecule has 0 bridgehead atoms. The van der Waals surface area contributed by atoms with Gasteiger partial charge in [0.15, 0.2) is 0 Å². The summed E-state index contributed by atoms with van der Waals surface area (Å²) in [4.78, 5) is 4.38. The minimum atomic E-state index is -0.605. The van der Waals surface area contributed by atoms with E-state index in [2.05, 4.69) is 52.0 Å². The van der Waals surface area contributed by atoms with E-state index in [4.69, 9.17) is 0 Å². The number of nitrogens with zero attached hydrogens (tertiary/aromatic N) is 3. The van der Waals surface area contributed by atoms with Crippen molar-refractivity contribution in [1.29, 1.82) is 0 Å². The number of hydrogen-bond donors (Lipinski definition) is 2. The molecule has 5 nitrogen and oxygen atoms in total. The van der Waals surface area contributed by atoms with Crippen molar-refractivity contribution in [3.63, 3.8) is 0 Å². The molecule has 1 aromatic carbocycles. The molecule has 0 spiro atoms. The second-order valence-electron chi connectivity index (χ2n) is 7.51. The van der Waals surface area contributed by atoms with Gasteiger partial charge in [0.25, 0.3) is 0 Å². The Morgan fingerprint density at radius 2 is 2.12 bits per heavy atom. The van der Waals surface area contributed by atoms with Crippen LogP contribution in [0.5, 0.6) is 0 Å². The molecule has 0 aliphatic carbocycles. The quantitative estimate of drug-likeness (QED) is 0.883. The van der Waals surface area contributed by atoms with Gasteiger partial charge in [-0.15, -0.1) is 0 Å². The number of β-amino-alcohol motifs (C(OH)–C–C–N with tert-alkyl or cyclic N) is 1. The molecular formula is C19H28N4O. The normalized spacial score (nSPS) is 21.8. The average molecular weight is 328 g/mol. The van der Waals surface area contributed by atoms with Gasteiger partial charge in [0.1, 0.15) is 0 Å². The minimum Gasteiger partial charge on any atom is -0.387 e. The fourth-order valence-electron chi connectivity index (χ4n) is 3.70. The maximum absolute atomic E-state index is 10.7. The first-order valence-corrected chi connectivity index (χ1v) is 8.56. The Labute approximate surface area is 144 Å². The van der Waals surface area contributed by atoms with Crippen molar-refractivity contribution in [2.24, 2.45) is 0 Å². The van der Waals surface area contributed by atoms with Gasteiger partial charge >= 0.3 is 0 Å². The lowest BCUT2D eigenvalue weighted by atomic mass is 10.0. The minimum absolute atomic E-state index is 0.605. The SMILES string of the molecule is Cc1ccc(C)c(-c2[nH]ncc2CN2CC[C@](O)(CN(C)C)C2)c1. The number of aryl methyl sites for hydroxylation is 2. The van der Waals surface area contributed by atoms with Gasteiger partial charge in [0.2, 0.25) is 0 Å². The zero-order chi connectivity index (χ0) is 17.3. The summed E-state index contributed by atoms with van der Waals surface area (Å²) in [5.41, 5.74) is 5.39. The monoisotopic (exact) mass is 328 g/mol. The van der Waals surface area contributed by atoms with Crippen molar-refractivity contribution in [3.05, 3.63) is 41.1 Å². The van der Waals surface area contributed by atoms with Gasteiger partial charge in [0.05, 0.1) is 17.5 Å². The van der Waals surface area contributed by atoms with Crippen molar-refractivity contribution >= 4 is 0 Å². The van der Waals surface area contributed by atoms with Crippen LogP contribution in [-0.2, 0) is 6.54 Å². The summed E-state index contributed by atoms with van der Waals surface area (Å²) in [6, 6.07) is 6.50. The average Bonchev–Trinajstić information content (AvgIpc) is 3.08. The molecule has 1 atom stereocenters. The van der Waals surface area contributed by atoms with Crippen LogP contribution in [0.15, 0.2) is 24.4 Å². The summed E-state index contributed by atoms with van der Waals surface area (Å²) in [7, 11) is 4.02. The van der Waals surface area contributed by atoms with E-state index in [0.717, 1.165) is 25.2 Å². The Kier molecular flexibility index (Phi) is 4.76. The highest BCUT2D eigenvalue weighted by atomic mass is 16.3. The molecule has 0 saturated carbocycles. The van der Waals surface area contributed by atoms with Crippen LogP contribution in [-0.4, -0.2) is 64.4 Å². The Morgan fingerprint density at radius 3 is 2.88 bits per heavy atom. The van der Waals surface area contributed by atoms with Crippen molar-refractivity contribution in [2.75, 3.05) is 33.7 Å². The number of benzene rings is 1. The molecule has 1 fully saturated rings. The summed E-state index contributed by atoms with van der Waals surface area (Å²) >= 11 is 0. The molecule has 1 aliphatic rings. The van der Waals surface area contributed by atoms with Gasteiger partial charge in [-0.1, -0.05) is 17.7 Å². The highest BCUT2D eigenvalue weighted by molar-refractivity contribution is 5.67. The van der Waals surface area contributed by atoms with Gasteiger partial charge < -0.3 is 10.0 Å². The first kappa shape index (κ1) is 17.1. The molecule has 1 saturated heterocycles. The summed E-state index contributed by atoms with van der Waals surface area (Å²) in [5.74, 6) is 0. The molecule has 2 N–H and O–H groups in total.